The van der Waals surface area contributed by atoms with Gasteiger partial charge < -0.3 is 5.32 Å². The van der Waals surface area contributed by atoms with E-state index in [0.29, 0.717) is 6.42 Å². The van der Waals surface area contributed by atoms with Crippen molar-refractivity contribution in [3.63, 3.8) is 0 Å². The number of hydrogen-bond acceptors (Lipinski definition) is 2. The van der Waals surface area contributed by atoms with Crippen molar-refractivity contribution >= 4 is 23.2 Å². The Bertz CT molecular complexity index is 455. The number of carbonyl (C=O) groups is 1. The summed E-state index contributed by atoms with van der Waals surface area (Å²) in [5, 5.41) is 4.35. The topological polar surface area (TPSA) is 33.7 Å². The van der Waals surface area contributed by atoms with Gasteiger partial charge >= 0.3 is 0 Å². The molecule has 1 aromatic rings. The Balaban J connectivity index is 2.37. The zero-order chi connectivity index (χ0) is 12.7. The Morgan fingerprint density at radius 2 is 2.06 bits per heavy atom. The lowest BCUT2D eigenvalue weighted by atomic mass is 9.77. The number of piperidine rings is 1. The summed E-state index contributed by atoms with van der Waals surface area (Å²) in [6.45, 7) is 8.53. The molecule has 17 heavy (non-hydrogen) atoms. The van der Waals surface area contributed by atoms with Crippen molar-refractivity contribution in [2.75, 3.05) is 0 Å². The molecule has 3 heteroatoms. The van der Waals surface area contributed by atoms with Gasteiger partial charge in [0.15, 0.2) is 5.78 Å². The highest BCUT2D eigenvalue weighted by atomic mass is 32.1. The van der Waals surface area contributed by atoms with Crippen LogP contribution in [0, 0.1) is 0 Å². The molecule has 0 atom stereocenters. The van der Waals surface area contributed by atoms with Crippen molar-refractivity contribution in [2.24, 2.45) is 0 Å². The average Bonchev–Trinajstić information content (AvgIpc) is 2.60. The molecular formula is C14H20NOS+. The predicted molar refractivity (Wildman–Crippen MR) is 72.0 cm³/mol. The van der Waals surface area contributed by atoms with Gasteiger partial charge in [0.05, 0.1) is 17.5 Å². The van der Waals surface area contributed by atoms with Crippen LogP contribution in [0.4, 0.5) is 0 Å². The Morgan fingerprint density at radius 1 is 1.35 bits per heavy atom. The summed E-state index contributed by atoms with van der Waals surface area (Å²) in [6.07, 6.45) is 2.67. The van der Waals surface area contributed by atoms with Crippen LogP contribution in [0.15, 0.2) is 23.1 Å². The SMILES string of the molecule is CC1(C)CC(=O)/C(=C/c2cccs2)C(C)(C)[NH2+]1. The van der Waals surface area contributed by atoms with E-state index < -0.39 is 0 Å². The third-order valence-electron chi connectivity index (χ3n) is 3.19. The number of quaternary nitrogens is 1. The summed E-state index contributed by atoms with van der Waals surface area (Å²) in [7, 11) is 0. The molecule has 1 saturated heterocycles. The summed E-state index contributed by atoms with van der Waals surface area (Å²) in [5.74, 6) is 0.288. The Labute approximate surface area is 107 Å². The molecule has 0 bridgehead atoms. The first kappa shape index (κ1) is 12.5. The van der Waals surface area contributed by atoms with E-state index in [0.717, 1.165) is 10.5 Å². The molecule has 2 rings (SSSR count). The highest BCUT2D eigenvalue weighted by Crippen LogP contribution is 2.26. The van der Waals surface area contributed by atoms with Crippen molar-refractivity contribution < 1.29 is 10.1 Å². The molecule has 0 aliphatic carbocycles. The number of thiophene rings is 1. The minimum absolute atomic E-state index is 0.00731. The first-order valence-electron chi connectivity index (χ1n) is 5.96. The van der Waals surface area contributed by atoms with E-state index in [1.807, 2.05) is 11.4 Å². The maximum absolute atomic E-state index is 12.3. The van der Waals surface area contributed by atoms with Crippen molar-refractivity contribution in [1.29, 1.82) is 0 Å². The molecular weight excluding hydrogens is 230 g/mol. The van der Waals surface area contributed by atoms with Crippen LogP contribution in [0.3, 0.4) is 0 Å². The molecule has 1 aromatic heterocycles. The maximum atomic E-state index is 12.3. The predicted octanol–water partition coefficient (Wildman–Crippen LogP) is 2.22. The molecule has 0 aromatic carbocycles. The van der Waals surface area contributed by atoms with Crippen molar-refractivity contribution in [3.05, 3.63) is 28.0 Å². The number of Topliss-reactive ketones (excluding diaryl/α,β-unsaturated/α-hetero) is 1. The summed E-state index contributed by atoms with van der Waals surface area (Å²) in [4.78, 5) is 13.4. The van der Waals surface area contributed by atoms with Crippen molar-refractivity contribution in [1.82, 2.24) is 0 Å². The molecule has 1 fully saturated rings. The first-order chi connectivity index (χ1) is 7.80. The van der Waals surface area contributed by atoms with Gasteiger partial charge in [-0.2, -0.15) is 0 Å². The highest BCUT2D eigenvalue weighted by molar-refractivity contribution is 7.10. The summed E-state index contributed by atoms with van der Waals surface area (Å²) >= 11 is 1.68. The third kappa shape index (κ3) is 2.67. The van der Waals surface area contributed by atoms with E-state index in [4.69, 9.17) is 0 Å². The van der Waals surface area contributed by atoms with Gasteiger partial charge in [0.1, 0.15) is 5.54 Å². The summed E-state index contributed by atoms with van der Waals surface area (Å²) in [5.41, 5.74) is 0.815. The van der Waals surface area contributed by atoms with Crippen LogP contribution in [0.1, 0.15) is 39.0 Å². The lowest BCUT2D eigenvalue weighted by molar-refractivity contribution is -0.772. The van der Waals surface area contributed by atoms with Gasteiger partial charge in [0, 0.05) is 4.88 Å². The molecule has 2 nitrogen and oxygen atoms in total. The van der Waals surface area contributed by atoms with Gasteiger partial charge in [0.2, 0.25) is 0 Å². The van der Waals surface area contributed by atoms with Crippen molar-refractivity contribution in [2.45, 2.75) is 45.2 Å². The number of rotatable bonds is 1. The minimum Gasteiger partial charge on any atom is -0.333 e. The molecule has 92 valence electrons. The zero-order valence-corrected chi connectivity index (χ0v) is 11.7. The molecule has 1 aliphatic rings. The van der Waals surface area contributed by atoms with Gasteiger partial charge in [-0.05, 0) is 45.2 Å². The summed E-state index contributed by atoms with van der Waals surface area (Å²) < 4.78 is 0. The molecule has 0 amide bonds. The molecule has 0 unspecified atom stereocenters. The highest BCUT2D eigenvalue weighted by Gasteiger charge is 2.44. The second-order valence-corrected chi connectivity index (χ2v) is 7.01. The molecule has 0 spiro atoms. The molecule has 2 heterocycles. The molecule has 1 aliphatic heterocycles. The van der Waals surface area contributed by atoms with E-state index >= 15 is 0 Å². The lowest BCUT2D eigenvalue weighted by Gasteiger charge is -2.39. The molecule has 0 saturated carbocycles. The Morgan fingerprint density at radius 3 is 2.59 bits per heavy atom. The maximum Gasteiger partial charge on any atom is 0.171 e. The van der Waals surface area contributed by atoms with Crippen LogP contribution in [0.2, 0.25) is 0 Å². The van der Waals surface area contributed by atoms with Crippen LogP contribution in [0.25, 0.3) is 6.08 Å². The van der Waals surface area contributed by atoms with Gasteiger partial charge in [-0.3, -0.25) is 4.79 Å². The van der Waals surface area contributed by atoms with Gasteiger partial charge in [-0.25, -0.2) is 0 Å². The second kappa shape index (κ2) is 4.07. The fourth-order valence-electron chi connectivity index (χ4n) is 2.76. The number of carbonyl (C=O) groups excluding carboxylic acids is 1. The van der Waals surface area contributed by atoms with Gasteiger partial charge in [-0.15, -0.1) is 11.3 Å². The van der Waals surface area contributed by atoms with E-state index in [-0.39, 0.29) is 16.9 Å². The third-order valence-corrected chi connectivity index (χ3v) is 4.01. The smallest absolute Gasteiger partial charge is 0.171 e. The van der Waals surface area contributed by atoms with Crippen LogP contribution in [-0.4, -0.2) is 16.9 Å². The minimum atomic E-state index is -0.136. The van der Waals surface area contributed by atoms with Gasteiger partial charge in [0.25, 0.3) is 0 Å². The van der Waals surface area contributed by atoms with Gasteiger partial charge in [-0.1, -0.05) is 6.07 Å². The first-order valence-corrected chi connectivity index (χ1v) is 6.84. The normalized spacial score (nSPS) is 25.2. The Hall–Kier alpha value is -0.930. The quantitative estimate of drug-likeness (QED) is 0.762. The fraction of sp³-hybridized carbons (Fsp3) is 0.500. The average molecular weight is 250 g/mol. The standard InChI is InChI=1S/C14H19NOS/c1-13(2)9-12(16)11(14(3,4)15-13)8-10-6-5-7-17-10/h5-8,15H,9H2,1-4H3/p+1/b11-8-. The lowest BCUT2D eigenvalue weighted by Crippen LogP contribution is -3.06. The zero-order valence-electron chi connectivity index (χ0n) is 10.9. The fourth-order valence-corrected chi connectivity index (χ4v) is 3.41. The Kier molecular flexibility index (Phi) is 3.00. The van der Waals surface area contributed by atoms with E-state index in [9.17, 15) is 4.79 Å². The number of ketones is 1. The van der Waals surface area contributed by atoms with Crippen molar-refractivity contribution in [3.8, 4) is 0 Å². The molecule has 2 N–H and O–H groups in total. The largest absolute Gasteiger partial charge is 0.333 e. The summed E-state index contributed by atoms with van der Waals surface area (Å²) in [6, 6.07) is 4.08. The van der Waals surface area contributed by atoms with E-state index in [2.05, 4.69) is 45.2 Å². The monoisotopic (exact) mass is 250 g/mol. The van der Waals surface area contributed by atoms with Crippen LogP contribution in [-0.2, 0) is 4.79 Å². The van der Waals surface area contributed by atoms with Crippen LogP contribution < -0.4 is 5.32 Å². The van der Waals surface area contributed by atoms with Crippen LogP contribution >= 0.6 is 11.3 Å². The number of nitrogens with two attached hydrogens (primary N) is 1. The van der Waals surface area contributed by atoms with Crippen LogP contribution in [0.5, 0.6) is 0 Å². The van der Waals surface area contributed by atoms with E-state index in [1.54, 1.807) is 11.3 Å². The number of hydrogen-bond donors (Lipinski definition) is 1. The van der Waals surface area contributed by atoms with E-state index in [1.165, 1.54) is 0 Å². The second-order valence-electron chi connectivity index (χ2n) is 6.03. The molecule has 0 radical (unpaired) electrons.